The van der Waals surface area contributed by atoms with Gasteiger partial charge in [-0.25, -0.2) is 0 Å². The number of carbonyl (C=O) groups excluding carboxylic acids is 1. The summed E-state index contributed by atoms with van der Waals surface area (Å²) >= 11 is 1.58. The first-order valence-electron chi connectivity index (χ1n) is 8.63. The molecule has 1 aromatic carbocycles. The molecule has 136 valence electrons. The van der Waals surface area contributed by atoms with E-state index >= 15 is 0 Å². The molecule has 0 saturated carbocycles. The van der Waals surface area contributed by atoms with Gasteiger partial charge >= 0.3 is 0 Å². The van der Waals surface area contributed by atoms with Crippen LogP contribution >= 0.6 is 11.8 Å². The number of thioether (sulfide) groups is 1. The Morgan fingerprint density at radius 1 is 1.36 bits per heavy atom. The van der Waals surface area contributed by atoms with Crippen molar-refractivity contribution in [3.8, 4) is 0 Å². The standard InChI is InChI=1S/C20H28N2O2S/c1-5-6-7-10-15(2)19-18(23)20(24)22(14-13-21(3)4)16-11-8-9-12-17(16)25-19/h5-6,8-12,18-19,23H,7,13-14H2,1-4H3/b6-5-,15-10+. The number of carbonyl (C=O) groups is 1. The number of benzene rings is 1. The summed E-state index contributed by atoms with van der Waals surface area (Å²) in [6.45, 7) is 5.29. The normalized spacial score (nSPS) is 21.8. The van der Waals surface area contributed by atoms with Gasteiger partial charge in [0.15, 0.2) is 0 Å². The Labute approximate surface area is 155 Å². The van der Waals surface area contributed by atoms with Crippen LogP contribution in [0.4, 0.5) is 5.69 Å². The van der Waals surface area contributed by atoms with Crippen molar-refractivity contribution in [3.63, 3.8) is 0 Å². The van der Waals surface area contributed by atoms with Crippen LogP contribution in [0, 0.1) is 0 Å². The molecule has 2 atom stereocenters. The molecule has 1 aromatic rings. The summed E-state index contributed by atoms with van der Waals surface area (Å²) in [5.41, 5.74) is 1.93. The van der Waals surface area contributed by atoms with Gasteiger partial charge in [-0.2, -0.15) is 0 Å². The molecule has 0 radical (unpaired) electrons. The minimum Gasteiger partial charge on any atom is -0.382 e. The van der Waals surface area contributed by atoms with Gasteiger partial charge in [-0.05, 0) is 46.5 Å². The molecule has 1 heterocycles. The Balaban J connectivity index is 2.35. The number of likely N-dealkylation sites (N-methyl/N-ethyl adjacent to an activating group) is 1. The van der Waals surface area contributed by atoms with Crippen LogP contribution in [0.3, 0.4) is 0 Å². The molecule has 0 saturated heterocycles. The molecule has 5 heteroatoms. The average molecular weight is 361 g/mol. The van der Waals surface area contributed by atoms with E-state index in [1.54, 1.807) is 16.7 Å². The lowest BCUT2D eigenvalue weighted by atomic mass is 10.1. The number of amides is 1. The fourth-order valence-electron chi connectivity index (χ4n) is 2.77. The van der Waals surface area contributed by atoms with Crippen molar-refractivity contribution in [3.05, 3.63) is 48.1 Å². The summed E-state index contributed by atoms with van der Waals surface area (Å²) in [6, 6.07) is 7.91. The first-order chi connectivity index (χ1) is 12.0. The van der Waals surface area contributed by atoms with E-state index in [-0.39, 0.29) is 11.2 Å². The van der Waals surface area contributed by atoms with E-state index in [1.165, 1.54) is 0 Å². The van der Waals surface area contributed by atoms with Gasteiger partial charge < -0.3 is 14.9 Å². The number of aliphatic hydroxyl groups excluding tert-OH is 1. The third kappa shape index (κ3) is 4.97. The average Bonchev–Trinajstić information content (AvgIpc) is 2.69. The van der Waals surface area contributed by atoms with Crippen molar-refractivity contribution in [2.45, 2.75) is 36.5 Å². The third-order valence-corrected chi connectivity index (χ3v) is 5.73. The smallest absolute Gasteiger partial charge is 0.257 e. The fraction of sp³-hybridized carbons (Fsp3) is 0.450. The van der Waals surface area contributed by atoms with Crippen molar-refractivity contribution >= 4 is 23.4 Å². The second-order valence-electron chi connectivity index (χ2n) is 6.50. The highest BCUT2D eigenvalue weighted by molar-refractivity contribution is 8.00. The number of nitrogens with zero attached hydrogens (tertiary/aromatic N) is 2. The summed E-state index contributed by atoms with van der Waals surface area (Å²) in [5.74, 6) is -0.219. The molecule has 2 unspecified atom stereocenters. The predicted octanol–water partition coefficient (Wildman–Crippen LogP) is 3.33. The Morgan fingerprint density at radius 3 is 2.76 bits per heavy atom. The summed E-state index contributed by atoms with van der Waals surface area (Å²) in [7, 11) is 3.96. The van der Waals surface area contributed by atoms with Crippen molar-refractivity contribution in [2.24, 2.45) is 0 Å². The Morgan fingerprint density at radius 2 is 2.08 bits per heavy atom. The highest BCUT2D eigenvalue weighted by Crippen LogP contribution is 2.40. The highest BCUT2D eigenvalue weighted by Gasteiger charge is 2.36. The van der Waals surface area contributed by atoms with Crippen LogP contribution in [-0.2, 0) is 4.79 Å². The Hall–Kier alpha value is -1.56. The molecule has 0 fully saturated rings. The van der Waals surface area contributed by atoms with Crippen molar-refractivity contribution in [1.29, 1.82) is 0 Å². The zero-order chi connectivity index (χ0) is 18.4. The fourth-order valence-corrected chi connectivity index (χ4v) is 4.02. The van der Waals surface area contributed by atoms with Crippen LogP contribution < -0.4 is 4.90 Å². The number of fused-ring (bicyclic) bond motifs is 1. The number of allylic oxidation sites excluding steroid dienone is 3. The lowest BCUT2D eigenvalue weighted by Crippen LogP contribution is -2.45. The van der Waals surface area contributed by atoms with Crippen molar-refractivity contribution < 1.29 is 9.90 Å². The van der Waals surface area contributed by atoms with Gasteiger partial charge in [0.1, 0.15) is 6.10 Å². The largest absolute Gasteiger partial charge is 0.382 e. The van der Waals surface area contributed by atoms with Gasteiger partial charge in [-0.15, -0.1) is 11.8 Å². The van der Waals surface area contributed by atoms with Gasteiger partial charge in [0.2, 0.25) is 0 Å². The molecule has 1 aliphatic heterocycles. The molecule has 1 amide bonds. The monoisotopic (exact) mass is 360 g/mol. The van der Waals surface area contributed by atoms with E-state index in [1.807, 2.05) is 63.2 Å². The molecule has 4 nitrogen and oxygen atoms in total. The summed E-state index contributed by atoms with van der Waals surface area (Å²) in [5, 5.41) is 10.5. The van der Waals surface area contributed by atoms with Gasteiger partial charge in [0.05, 0.1) is 10.9 Å². The topological polar surface area (TPSA) is 43.8 Å². The third-order valence-electron chi connectivity index (χ3n) is 4.25. The number of aliphatic hydroxyl groups is 1. The van der Waals surface area contributed by atoms with Crippen LogP contribution in [0.25, 0.3) is 0 Å². The molecular weight excluding hydrogens is 332 g/mol. The lowest BCUT2D eigenvalue weighted by Gasteiger charge is -2.26. The van der Waals surface area contributed by atoms with Gasteiger partial charge in [0, 0.05) is 18.0 Å². The number of hydrogen-bond donors (Lipinski definition) is 1. The van der Waals surface area contributed by atoms with Gasteiger partial charge in [0.25, 0.3) is 5.91 Å². The van der Waals surface area contributed by atoms with Gasteiger partial charge in [-0.1, -0.05) is 35.9 Å². The number of hydrogen-bond acceptors (Lipinski definition) is 4. The number of para-hydroxylation sites is 1. The van der Waals surface area contributed by atoms with Crippen LogP contribution in [0.5, 0.6) is 0 Å². The quantitative estimate of drug-likeness (QED) is 0.791. The molecule has 0 spiro atoms. The molecule has 2 rings (SSSR count). The first-order valence-corrected chi connectivity index (χ1v) is 9.51. The molecule has 25 heavy (non-hydrogen) atoms. The summed E-state index contributed by atoms with van der Waals surface area (Å²) < 4.78 is 0. The van der Waals surface area contributed by atoms with Crippen LogP contribution in [-0.4, -0.2) is 54.5 Å². The summed E-state index contributed by atoms with van der Waals surface area (Å²) in [4.78, 5) is 17.8. The maximum Gasteiger partial charge on any atom is 0.257 e. The molecular formula is C20H28N2O2S. The Bertz CT molecular complexity index is 655. The van der Waals surface area contributed by atoms with E-state index in [0.717, 1.165) is 29.1 Å². The van der Waals surface area contributed by atoms with Crippen LogP contribution in [0.15, 0.2) is 53.0 Å². The predicted molar refractivity (Wildman–Crippen MR) is 106 cm³/mol. The molecule has 0 aromatic heterocycles. The van der Waals surface area contributed by atoms with Crippen molar-refractivity contribution in [2.75, 3.05) is 32.1 Å². The Kier molecular flexibility index (Phi) is 7.29. The maximum atomic E-state index is 13.0. The molecule has 0 bridgehead atoms. The highest BCUT2D eigenvalue weighted by atomic mass is 32.2. The molecule has 0 aliphatic carbocycles. The zero-order valence-electron chi connectivity index (χ0n) is 15.5. The van der Waals surface area contributed by atoms with Crippen molar-refractivity contribution in [1.82, 2.24) is 4.90 Å². The van der Waals surface area contributed by atoms with E-state index in [4.69, 9.17) is 0 Å². The molecule has 1 aliphatic rings. The zero-order valence-corrected chi connectivity index (χ0v) is 16.3. The lowest BCUT2D eigenvalue weighted by molar-refractivity contribution is -0.126. The maximum absolute atomic E-state index is 13.0. The first kappa shape index (κ1) is 19.8. The van der Waals surface area contributed by atoms with Crippen LogP contribution in [0.1, 0.15) is 20.3 Å². The molecule has 1 N–H and O–H groups in total. The minimum atomic E-state index is -1.04. The van der Waals surface area contributed by atoms with E-state index in [9.17, 15) is 9.90 Å². The van der Waals surface area contributed by atoms with E-state index in [0.29, 0.717) is 6.54 Å². The number of rotatable bonds is 6. The van der Waals surface area contributed by atoms with E-state index < -0.39 is 6.10 Å². The number of anilines is 1. The minimum absolute atomic E-state index is 0.219. The summed E-state index contributed by atoms with van der Waals surface area (Å²) in [6.07, 6.45) is 5.93. The van der Waals surface area contributed by atoms with Gasteiger partial charge in [-0.3, -0.25) is 4.79 Å². The SMILES string of the molecule is C/C=C\C/C=C(\C)C1Sc2ccccc2N(CCN(C)C)C(=O)C1O. The van der Waals surface area contributed by atoms with E-state index in [2.05, 4.69) is 12.2 Å². The second kappa shape index (κ2) is 9.22. The second-order valence-corrected chi connectivity index (χ2v) is 7.68. The van der Waals surface area contributed by atoms with Crippen LogP contribution in [0.2, 0.25) is 0 Å².